The second-order valence-electron chi connectivity index (χ2n) is 5.05. The molecule has 1 fully saturated rings. The second kappa shape index (κ2) is 4.56. The molecule has 0 spiro atoms. The smallest absolute Gasteiger partial charge is 0.145 e. The number of methoxy groups -OCH3 is 2. The van der Waals surface area contributed by atoms with E-state index in [-0.39, 0.29) is 0 Å². The molecule has 3 unspecified atom stereocenters. The molecular weight excluding hydrogens is 226 g/mol. The Balaban J connectivity index is 1.74. The Morgan fingerprint density at radius 1 is 1.22 bits per heavy atom. The number of hydrogen-bond acceptors (Lipinski definition) is 3. The molecule has 3 atom stereocenters. The number of allylic oxidation sites excluding steroid dienone is 1. The number of hydrogen-bond donors (Lipinski definition) is 1. The Hall–Kier alpha value is -1.64. The molecule has 1 saturated carbocycles. The summed E-state index contributed by atoms with van der Waals surface area (Å²) in [5.41, 5.74) is 1.06. The van der Waals surface area contributed by atoms with Gasteiger partial charge in [0.2, 0.25) is 0 Å². The molecule has 96 valence electrons. The van der Waals surface area contributed by atoms with Crippen molar-refractivity contribution in [2.75, 3.05) is 19.5 Å². The first kappa shape index (κ1) is 11.5. The highest BCUT2D eigenvalue weighted by atomic mass is 16.5. The summed E-state index contributed by atoms with van der Waals surface area (Å²) in [4.78, 5) is 0. The third-order valence-electron chi connectivity index (χ3n) is 4.11. The summed E-state index contributed by atoms with van der Waals surface area (Å²) in [6, 6.07) is 6.47. The predicted octanol–water partition coefficient (Wildman–Crippen LogP) is 3.08. The van der Waals surface area contributed by atoms with Crippen LogP contribution in [0.1, 0.15) is 12.8 Å². The van der Waals surface area contributed by atoms with Crippen molar-refractivity contribution in [3.05, 3.63) is 30.4 Å². The highest BCUT2D eigenvalue weighted by Crippen LogP contribution is 2.45. The summed E-state index contributed by atoms with van der Waals surface area (Å²) in [5, 5.41) is 3.59. The van der Waals surface area contributed by atoms with Gasteiger partial charge >= 0.3 is 0 Å². The maximum Gasteiger partial charge on any atom is 0.145 e. The minimum atomic E-state index is 0.552. The summed E-state index contributed by atoms with van der Waals surface area (Å²) in [7, 11) is 3.36. The van der Waals surface area contributed by atoms with Gasteiger partial charge in [-0.1, -0.05) is 12.2 Å². The van der Waals surface area contributed by atoms with Crippen LogP contribution in [0.25, 0.3) is 0 Å². The van der Waals surface area contributed by atoms with Crippen molar-refractivity contribution < 1.29 is 9.47 Å². The van der Waals surface area contributed by atoms with E-state index >= 15 is 0 Å². The van der Waals surface area contributed by atoms with Gasteiger partial charge in [0.1, 0.15) is 11.5 Å². The van der Waals surface area contributed by atoms with Crippen molar-refractivity contribution >= 4 is 5.69 Å². The lowest BCUT2D eigenvalue weighted by Gasteiger charge is -2.41. The zero-order valence-electron chi connectivity index (χ0n) is 10.8. The van der Waals surface area contributed by atoms with Crippen molar-refractivity contribution in [2.24, 2.45) is 11.8 Å². The Morgan fingerprint density at radius 3 is 2.83 bits per heavy atom. The van der Waals surface area contributed by atoms with Crippen molar-refractivity contribution in [1.29, 1.82) is 0 Å². The van der Waals surface area contributed by atoms with Crippen LogP contribution < -0.4 is 14.8 Å². The van der Waals surface area contributed by atoms with Crippen LogP contribution in [0.5, 0.6) is 11.5 Å². The van der Waals surface area contributed by atoms with E-state index in [1.54, 1.807) is 14.2 Å². The molecule has 0 heterocycles. The SMILES string of the molecule is COc1ccc(NC2CC3CC=CC32)c(OC)c1. The first-order valence-corrected chi connectivity index (χ1v) is 6.47. The van der Waals surface area contributed by atoms with Crippen molar-refractivity contribution in [3.8, 4) is 11.5 Å². The first-order valence-electron chi connectivity index (χ1n) is 6.47. The van der Waals surface area contributed by atoms with E-state index in [1.165, 1.54) is 12.8 Å². The molecule has 2 aliphatic rings. The standard InChI is InChI=1S/C15H19NO2/c1-17-11-6-7-13(15(9-11)18-2)16-14-8-10-4-3-5-12(10)14/h3,5-7,9-10,12,14,16H,4,8H2,1-2H3. The van der Waals surface area contributed by atoms with Crippen LogP contribution in [0.4, 0.5) is 5.69 Å². The number of nitrogens with one attached hydrogen (secondary N) is 1. The van der Waals surface area contributed by atoms with Gasteiger partial charge in [-0.25, -0.2) is 0 Å². The van der Waals surface area contributed by atoms with Gasteiger partial charge in [0.15, 0.2) is 0 Å². The van der Waals surface area contributed by atoms with Crippen LogP contribution in [0.3, 0.4) is 0 Å². The van der Waals surface area contributed by atoms with E-state index in [0.29, 0.717) is 12.0 Å². The summed E-state index contributed by atoms with van der Waals surface area (Å²) in [5.74, 6) is 3.24. The second-order valence-corrected chi connectivity index (χ2v) is 5.05. The Labute approximate surface area is 108 Å². The molecule has 3 rings (SSSR count). The predicted molar refractivity (Wildman–Crippen MR) is 72.3 cm³/mol. The lowest BCUT2D eigenvalue weighted by molar-refractivity contribution is 0.217. The van der Waals surface area contributed by atoms with E-state index < -0.39 is 0 Å². The number of ether oxygens (including phenoxy) is 2. The van der Waals surface area contributed by atoms with E-state index in [9.17, 15) is 0 Å². The summed E-state index contributed by atoms with van der Waals surface area (Å²) >= 11 is 0. The molecule has 0 aromatic heterocycles. The Bertz CT molecular complexity index is 470. The lowest BCUT2D eigenvalue weighted by Crippen LogP contribution is -2.43. The average molecular weight is 245 g/mol. The normalized spacial score (nSPS) is 28.4. The third kappa shape index (κ3) is 1.84. The summed E-state index contributed by atoms with van der Waals surface area (Å²) in [6.07, 6.45) is 7.17. The van der Waals surface area contributed by atoms with Crippen molar-refractivity contribution in [3.63, 3.8) is 0 Å². The molecule has 0 bridgehead atoms. The molecule has 18 heavy (non-hydrogen) atoms. The zero-order valence-corrected chi connectivity index (χ0v) is 10.8. The molecule has 0 radical (unpaired) electrons. The first-order chi connectivity index (χ1) is 8.81. The van der Waals surface area contributed by atoms with Crippen LogP contribution >= 0.6 is 0 Å². The van der Waals surface area contributed by atoms with Gasteiger partial charge in [-0.2, -0.15) is 0 Å². The maximum atomic E-state index is 5.41. The van der Waals surface area contributed by atoms with Crippen LogP contribution in [-0.2, 0) is 0 Å². The van der Waals surface area contributed by atoms with Gasteiger partial charge in [0, 0.05) is 18.0 Å². The monoisotopic (exact) mass is 245 g/mol. The Morgan fingerprint density at radius 2 is 2.11 bits per heavy atom. The molecule has 1 aromatic carbocycles. The number of anilines is 1. The fraction of sp³-hybridized carbons (Fsp3) is 0.467. The van der Waals surface area contributed by atoms with Crippen LogP contribution in [-0.4, -0.2) is 20.3 Å². The average Bonchev–Trinajstić information content (AvgIpc) is 2.77. The lowest BCUT2D eigenvalue weighted by atomic mass is 9.71. The Kier molecular flexibility index (Phi) is 2.90. The quantitative estimate of drug-likeness (QED) is 0.827. The minimum absolute atomic E-state index is 0.552. The molecule has 0 aliphatic heterocycles. The third-order valence-corrected chi connectivity index (χ3v) is 4.11. The van der Waals surface area contributed by atoms with Crippen molar-refractivity contribution in [2.45, 2.75) is 18.9 Å². The highest BCUT2D eigenvalue weighted by molar-refractivity contribution is 5.60. The fourth-order valence-electron chi connectivity index (χ4n) is 3.00. The van der Waals surface area contributed by atoms with Crippen molar-refractivity contribution in [1.82, 2.24) is 0 Å². The number of rotatable bonds is 4. The van der Waals surface area contributed by atoms with Gasteiger partial charge in [0.05, 0.1) is 19.9 Å². The molecule has 3 heteroatoms. The number of fused-ring (bicyclic) bond motifs is 1. The van der Waals surface area contributed by atoms with Crippen LogP contribution in [0.2, 0.25) is 0 Å². The maximum absolute atomic E-state index is 5.41. The van der Waals surface area contributed by atoms with E-state index in [4.69, 9.17) is 9.47 Å². The molecule has 0 saturated heterocycles. The zero-order chi connectivity index (χ0) is 12.5. The van der Waals surface area contributed by atoms with Crippen LogP contribution in [0.15, 0.2) is 30.4 Å². The van der Waals surface area contributed by atoms with E-state index in [0.717, 1.165) is 23.1 Å². The largest absolute Gasteiger partial charge is 0.497 e. The molecule has 2 aliphatic carbocycles. The van der Waals surface area contributed by atoms with E-state index in [2.05, 4.69) is 17.5 Å². The topological polar surface area (TPSA) is 30.5 Å². The van der Waals surface area contributed by atoms with Gasteiger partial charge in [-0.05, 0) is 30.9 Å². The fourth-order valence-corrected chi connectivity index (χ4v) is 3.00. The summed E-state index contributed by atoms with van der Waals surface area (Å²) in [6.45, 7) is 0. The van der Waals surface area contributed by atoms with E-state index in [1.807, 2.05) is 18.2 Å². The summed E-state index contributed by atoms with van der Waals surface area (Å²) < 4.78 is 10.6. The molecule has 1 N–H and O–H groups in total. The van der Waals surface area contributed by atoms with Gasteiger partial charge in [-0.15, -0.1) is 0 Å². The number of benzene rings is 1. The molecular formula is C15H19NO2. The van der Waals surface area contributed by atoms with Gasteiger partial charge in [0.25, 0.3) is 0 Å². The van der Waals surface area contributed by atoms with Gasteiger partial charge in [-0.3, -0.25) is 0 Å². The minimum Gasteiger partial charge on any atom is -0.497 e. The molecule has 3 nitrogen and oxygen atoms in total. The molecule has 0 amide bonds. The van der Waals surface area contributed by atoms with Gasteiger partial charge < -0.3 is 14.8 Å². The highest BCUT2D eigenvalue weighted by Gasteiger charge is 2.41. The van der Waals surface area contributed by atoms with Crippen LogP contribution in [0, 0.1) is 11.8 Å². The molecule has 1 aromatic rings.